The third-order valence-electron chi connectivity index (χ3n) is 3.74. The molecule has 0 saturated heterocycles. The lowest BCUT2D eigenvalue weighted by molar-refractivity contribution is -0.126. The van der Waals surface area contributed by atoms with Gasteiger partial charge in [-0.2, -0.15) is 0 Å². The maximum absolute atomic E-state index is 12.7. The SMILES string of the molecule is CC(=O)NC1C(=O)N(Cc2ccccc2Cl)c2ccc(Cl)cc21. The van der Waals surface area contributed by atoms with Crippen LogP contribution in [0.25, 0.3) is 0 Å². The maximum Gasteiger partial charge on any atom is 0.254 e. The third kappa shape index (κ3) is 3.05. The van der Waals surface area contributed by atoms with E-state index in [1.807, 2.05) is 18.2 Å². The molecule has 1 aliphatic heterocycles. The molecule has 6 heteroatoms. The molecule has 1 N–H and O–H groups in total. The highest BCUT2D eigenvalue weighted by molar-refractivity contribution is 6.31. The Morgan fingerprint density at radius 2 is 1.96 bits per heavy atom. The molecule has 0 radical (unpaired) electrons. The van der Waals surface area contributed by atoms with Crippen molar-refractivity contribution in [3.05, 3.63) is 63.6 Å². The van der Waals surface area contributed by atoms with Crippen LogP contribution in [-0.4, -0.2) is 11.8 Å². The lowest BCUT2D eigenvalue weighted by atomic mass is 10.1. The van der Waals surface area contributed by atoms with Gasteiger partial charge in [0.15, 0.2) is 0 Å². The minimum Gasteiger partial charge on any atom is -0.341 e. The van der Waals surface area contributed by atoms with Gasteiger partial charge in [-0.3, -0.25) is 9.59 Å². The van der Waals surface area contributed by atoms with E-state index in [1.165, 1.54) is 6.92 Å². The number of nitrogens with zero attached hydrogens (tertiary/aromatic N) is 1. The molecule has 1 heterocycles. The first-order valence-corrected chi connectivity index (χ1v) is 7.84. The molecular weight excluding hydrogens is 335 g/mol. The van der Waals surface area contributed by atoms with Crippen LogP contribution in [0.1, 0.15) is 24.1 Å². The highest BCUT2D eigenvalue weighted by Gasteiger charge is 2.38. The summed E-state index contributed by atoms with van der Waals surface area (Å²) in [5.41, 5.74) is 2.27. The summed E-state index contributed by atoms with van der Waals surface area (Å²) in [5.74, 6) is -0.466. The van der Waals surface area contributed by atoms with Gasteiger partial charge in [0.2, 0.25) is 5.91 Å². The average Bonchev–Trinajstić information content (AvgIpc) is 2.74. The second-order valence-electron chi connectivity index (χ2n) is 5.35. The lowest BCUT2D eigenvalue weighted by Gasteiger charge is -2.19. The zero-order valence-corrected chi connectivity index (χ0v) is 13.9. The van der Waals surface area contributed by atoms with Crippen molar-refractivity contribution in [1.82, 2.24) is 5.32 Å². The molecule has 2 aromatic carbocycles. The molecule has 4 nitrogen and oxygen atoms in total. The molecular formula is C17H14Cl2N2O2. The Morgan fingerprint density at radius 3 is 2.65 bits per heavy atom. The maximum atomic E-state index is 12.7. The normalized spacial score (nSPS) is 16.4. The van der Waals surface area contributed by atoms with Crippen molar-refractivity contribution in [2.45, 2.75) is 19.5 Å². The topological polar surface area (TPSA) is 49.4 Å². The minimum atomic E-state index is -0.719. The standard InChI is InChI=1S/C17H14Cl2N2O2/c1-10(22)20-16-13-8-12(18)6-7-15(13)21(17(16)23)9-11-4-2-3-5-14(11)19/h2-8,16H,9H2,1H3,(H,20,22). The first-order valence-electron chi connectivity index (χ1n) is 7.08. The van der Waals surface area contributed by atoms with Crippen LogP contribution >= 0.6 is 23.2 Å². The number of fused-ring (bicyclic) bond motifs is 1. The average molecular weight is 349 g/mol. The largest absolute Gasteiger partial charge is 0.341 e. The molecule has 2 aromatic rings. The van der Waals surface area contributed by atoms with Crippen molar-refractivity contribution in [2.24, 2.45) is 0 Å². The van der Waals surface area contributed by atoms with Crippen LogP contribution in [0, 0.1) is 0 Å². The van der Waals surface area contributed by atoms with Crippen LogP contribution in [0.2, 0.25) is 10.0 Å². The van der Waals surface area contributed by atoms with Gasteiger partial charge in [0.05, 0.1) is 6.54 Å². The third-order valence-corrected chi connectivity index (χ3v) is 4.34. The molecule has 0 spiro atoms. The Bertz CT molecular complexity index is 792. The van der Waals surface area contributed by atoms with Crippen molar-refractivity contribution >= 4 is 40.7 Å². The fraction of sp³-hybridized carbons (Fsp3) is 0.176. The zero-order valence-electron chi connectivity index (χ0n) is 12.3. The molecule has 118 valence electrons. The van der Waals surface area contributed by atoms with Crippen molar-refractivity contribution in [3.63, 3.8) is 0 Å². The molecule has 0 aliphatic carbocycles. The Balaban J connectivity index is 2.00. The van der Waals surface area contributed by atoms with Crippen LogP contribution < -0.4 is 10.2 Å². The second kappa shape index (κ2) is 6.22. The van der Waals surface area contributed by atoms with Crippen LogP contribution in [0.3, 0.4) is 0 Å². The molecule has 1 unspecified atom stereocenters. The number of nitrogens with one attached hydrogen (secondary N) is 1. The monoisotopic (exact) mass is 348 g/mol. The molecule has 1 atom stereocenters. The second-order valence-corrected chi connectivity index (χ2v) is 6.20. The van der Waals surface area contributed by atoms with E-state index < -0.39 is 6.04 Å². The number of carbonyl (C=O) groups excluding carboxylic acids is 2. The lowest BCUT2D eigenvalue weighted by Crippen LogP contribution is -2.36. The van der Waals surface area contributed by atoms with E-state index in [1.54, 1.807) is 29.2 Å². The Labute approximate surface area is 144 Å². The van der Waals surface area contributed by atoms with E-state index in [0.29, 0.717) is 22.2 Å². The van der Waals surface area contributed by atoms with Gasteiger partial charge < -0.3 is 10.2 Å². The number of benzene rings is 2. The number of hydrogen-bond donors (Lipinski definition) is 1. The number of anilines is 1. The van der Waals surface area contributed by atoms with E-state index in [2.05, 4.69) is 5.32 Å². The van der Waals surface area contributed by atoms with Gasteiger partial charge in [0.1, 0.15) is 6.04 Å². The van der Waals surface area contributed by atoms with E-state index in [9.17, 15) is 9.59 Å². The fourth-order valence-electron chi connectivity index (χ4n) is 2.71. The van der Waals surface area contributed by atoms with Gasteiger partial charge in [0.25, 0.3) is 5.91 Å². The number of halogens is 2. The van der Waals surface area contributed by atoms with Gasteiger partial charge in [-0.05, 0) is 29.8 Å². The summed E-state index contributed by atoms with van der Waals surface area (Å²) in [4.78, 5) is 25.8. The number of hydrogen-bond acceptors (Lipinski definition) is 2. The van der Waals surface area contributed by atoms with E-state index >= 15 is 0 Å². The van der Waals surface area contributed by atoms with Gasteiger partial charge in [-0.15, -0.1) is 0 Å². The molecule has 0 fully saturated rings. The van der Waals surface area contributed by atoms with E-state index in [0.717, 1.165) is 11.3 Å². The van der Waals surface area contributed by atoms with Gasteiger partial charge in [0, 0.05) is 28.2 Å². The van der Waals surface area contributed by atoms with Crippen molar-refractivity contribution in [2.75, 3.05) is 4.90 Å². The van der Waals surface area contributed by atoms with Gasteiger partial charge in [-0.1, -0.05) is 41.4 Å². The highest BCUT2D eigenvalue weighted by Crippen LogP contribution is 2.39. The summed E-state index contributed by atoms with van der Waals surface area (Å²) in [7, 11) is 0. The zero-order chi connectivity index (χ0) is 16.6. The van der Waals surface area contributed by atoms with E-state index in [-0.39, 0.29) is 11.8 Å². The fourth-order valence-corrected chi connectivity index (χ4v) is 3.09. The van der Waals surface area contributed by atoms with E-state index in [4.69, 9.17) is 23.2 Å². The smallest absolute Gasteiger partial charge is 0.254 e. The Hall–Kier alpha value is -2.04. The molecule has 2 amide bonds. The van der Waals surface area contributed by atoms with Crippen LogP contribution in [0.5, 0.6) is 0 Å². The highest BCUT2D eigenvalue weighted by atomic mass is 35.5. The summed E-state index contributed by atoms with van der Waals surface area (Å²) >= 11 is 12.2. The molecule has 0 saturated carbocycles. The number of carbonyl (C=O) groups is 2. The summed E-state index contributed by atoms with van der Waals surface area (Å²) in [6.07, 6.45) is 0. The molecule has 0 aromatic heterocycles. The van der Waals surface area contributed by atoms with Gasteiger partial charge in [-0.25, -0.2) is 0 Å². The van der Waals surface area contributed by atoms with Crippen molar-refractivity contribution in [3.8, 4) is 0 Å². The predicted molar refractivity (Wildman–Crippen MR) is 90.7 cm³/mol. The Morgan fingerprint density at radius 1 is 1.22 bits per heavy atom. The number of rotatable bonds is 3. The van der Waals surface area contributed by atoms with Gasteiger partial charge >= 0.3 is 0 Å². The summed E-state index contributed by atoms with van der Waals surface area (Å²) in [5, 5.41) is 3.80. The number of amides is 2. The molecule has 23 heavy (non-hydrogen) atoms. The summed E-state index contributed by atoms with van der Waals surface area (Å²) in [6, 6.07) is 11.9. The minimum absolute atomic E-state index is 0.197. The van der Waals surface area contributed by atoms with Crippen molar-refractivity contribution in [1.29, 1.82) is 0 Å². The molecule has 0 bridgehead atoms. The Kier molecular flexibility index (Phi) is 4.28. The van der Waals surface area contributed by atoms with Crippen LogP contribution in [-0.2, 0) is 16.1 Å². The van der Waals surface area contributed by atoms with Crippen LogP contribution in [0.4, 0.5) is 5.69 Å². The van der Waals surface area contributed by atoms with Crippen LogP contribution in [0.15, 0.2) is 42.5 Å². The van der Waals surface area contributed by atoms with Crippen molar-refractivity contribution < 1.29 is 9.59 Å². The summed E-state index contributed by atoms with van der Waals surface area (Å²) < 4.78 is 0. The predicted octanol–water partition coefficient (Wildman–Crippen LogP) is 3.72. The first kappa shape index (κ1) is 15.8. The first-order chi connectivity index (χ1) is 11.0. The summed E-state index contributed by atoms with van der Waals surface area (Å²) in [6.45, 7) is 1.72. The molecule has 1 aliphatic rings. The quantitative estimate of drug-likeness (QED) is 0.918. The molecule has 3 rings (SSSR count).